The Morgan fingerprint density at radius 3 is 2.57 bits per heavy atom. The first-order valence-corrected chi connectivity index (χ1v) is 9.43. The number of fused-ring (bicyclic) bond motifs is 5. The molecular weight excluding hydrogens is 308 g/mol. The van der Waals surface area contributed by atoms with Crippen molar-refractivity contribution in [3.63, 3.8) is 0 Å². The molecule has 0 aromatic heterocycles. The highest BCUT2D eigenvalue weighted by atomic mass is 35.5. The minimum atomic E-state index is -0.532. The highest BCUT2D eigenvalue weighted by Gasteiger charge is 2.62. The molecule has 0 unspecified atom stereocenters. The molecule has 0 aromatic rings. The number of halogens is 1. The van der Waals surface area contributed by atoms with Crippen molar-refractivity contribution in [3.05, 3.63) is 22.8 Å². The molecule has 0 radical (unpaired) electrons. The van der Waals surface area contributed by atoms with Gasteiger partial charge in [0.1, 0.15) is 0 Å². The fourth-order valence-corrected chi connectivity index (χ4v) is 6.88. The molecule has 3 heteroatoms. The van der Waals surface area contributed by atoms with Crippen LogP contribution < -0.4 is 0 Å². The summed E-state index contributed by atoms with van der Waals surface area (Å²) in [7, 11) is 0. The largest absolute Gasteiger partial charge is 0.390 e. The Morgan fingerprint density at radius 2 is 1.83 bits per heavy atom. The van der Waals surface area contributed by atoms with Crippen LogP contribution in [0.5, 0.6) is 0 Å². The summed E-state index contributed by atoms with van der Waals surface area (Å²) in [5.41, 5.74) is 0.615. The third-order valence-corrected chi connectivity index (χ3v) is 8.62. The van der Waals surface area contributed by atoms with Crippen LogP contribution in [0.25, 0.3) is 0 Å². The SMILES string of the molecule is C[C@]12C=CC(=O)C(Cl)=C1CC[C@H]1[C@H]2CC[C@@]2(C)[C@H]1CC[C@]2(C)O. The summed E-state index contributed by atoms with van der Waals surface area (Å²) in [6.45, 7) is 6.63. The van der Waals surface area contributed by atoms with Crippen molar-refractivity contribution >= 4 is 17.4 Å². The number of allylic oxidation sites excluding steroid dienone is 4. The van der Waals surface area contributed by atoms with Gasteiger partial charge in [0.05, 0.1) is 10.6 Å². The van der Waals surface area contributed by atoms with Crippen molar-refractivity contribution in [3.8, 4) is 0 Å². The lowest BCUT2D eigenvalue weighted by Gasteiger charge is -2.58. The standard InChI is InChI=1S/C20H27ClO2/c1-18-9-8-16(22)17(21)15(18)5-4-12-13(18)6-10-19(2)14(12)7-11-20(19,3)23/h8-9,12-14,23H,4-7,10-11H2,1-3H3/t12-,13+,14-,18+,19-,20-/m0/s1. The van der Waals surface area contributed by atoms with Crippen molar-refractivity contribution in [2.45, 2.75) is 64.9 Å². The van der Waals surface area contributed by atoms with Gasteiger partial charge in [-0.3, -0.25) is 4.79 Å². The molecule has 0 amide bonds. The lowest BCUT2D eigenvalue weighted by Crippen LogP contribution is -2.53. The third kappa shape index (κ3) is 1.88. The molecule has 0 bridgehead atoms. The number of ketones is 1. The molecule has 0 aliphatic heterocycles. The quantitative estimate of drug-likeness (QED) is 0.702. The van der Waals surface area contributed by atoms with Crippen LogP contribution >= 0.6 is 11.6 Å². The van der Waals surface area contributed by atoms with E-state index in [0.717, 1.165) is 38.5 Å². The smallest absolute Gasteiger partial charge is 0.196 e. The Bertz CT molecular complexity index is 632. The van der Waals surface area contributed by atoms with Crippen molar-refractivity contribution in [2.75, 3.05) is 0 Å². The zero-order valence-electron chi connectivity index (χ0n) is 14.4. The van der Waals surface area contributed by atoms with Gasteiger partial charge in [-0.2, -0.15) is 0 Å². The summed E-state index contributed by atoms with van der Waals surface area (Å²) in [6.07, 6.45) is 10.1. The lowest BCUT2D eigenvalue weighted by molar-refractivity contribution is -0.114. The summed E-state index contributed by atoms with van der Waals surface area (Å²) < 4.78 is 0. The van der Waals surface area contributed by atoms with Crippen molar-refractivity contribution in [1.82, 2.24) is 0 Å². The second-order valence-electron chi connectivity index (χ2n) is 8.96. The fraction of sp³-hybridized carbons (Fsp3) is 0.750. The average Bonchev–Trinajstić information content (AvgIpc) is 2.74. The Morgan fingerprint density at radius 1 is 1.13 bits per heavy atom. The van der Waals surface area contributed by atoms with Crippen LogP contribution in [-0.4, -0.2) is 16.5 Å². The molecule has 4 aliphatic carbocycles. The van der Waals surface area contributed by atoms with E-state index in [-0.39, 0.29) is 16.6 Å². The minimum absolute atomic E-state index is 0.0259. The molecule has 3 fully saturated rings. The van der Waals surface area contributed by atoms with Gasteiger partial charge in [0.2, 0.25) is 0 Å². The third-order valence-electron chi connectivity index (χ3n) is 8.21. The number of hydrogen-bond donors (Lipinski definition) is 1. The predicted octanol–water partition coefficient (Wildman–Crippen LogP) is 4.61. The highest BCUT2D eigenvalue weighted by molar-refractivity contribution is 6.45. The van der Waals surface area contributed by atoms with Gasteiger partial charge in [-0.1, -0.05) is 31.5 Å². The maximum Gasteiger partial charge on any atom is 0.196 e. The molecule has 6 atom stereocenters. The molecule has 126 valence electrons. The summed E-state index contributed by atoms with van der Waals surface area (Å²) in [4.78, 5) is 12.0. The summed E-state index contributed by atoms with van der Waals surface area (Å²) in [6, 6.07) is 0. The van der Waals surface area contributed by atoms with Crippen LogP contribution in [0.4, 0.5) is 0 Å². The van der Waals surface area contributed by atoms with E-state index in [4.69, 9.17) is 11.6 Å². The number of carbonyl (C=O) groups excluding carboxylic acids is 1. The molecule has 0 heterocycles. The zero-order chi connectivity index (χ0) is 16.6. The van der Waals surface area contributed by atoms with E-state index in [1.54, 1.807) is 6.08 Å². The molecule has 0 saturated heterocycles. The van der Waals surface area contributed by atoms with Crippen molar-refractivity contribution in [1.29, 1.82) is 0 Å². The topological polar surface area (TPSA) is 37.3 Å². The van der Waals surface area contributed by atoms with Crippen LogP contribution in [0.1, 0.15) is 59.3 Å². The second kappa shape index (κ2) is 4.73. The fourth-order valence-electron chi connectivity index (χ4n) is 6.52. The Labute approximate surface area is 144 Å². The lowest BCUT2D eigenvalue weighted by atomic mass is 9.47. The van der Waals surface area contributed by atoms with Crippen LogP contribution in [-0.2, 0) is 4.79 Å². The van der Waals surface area contributed by atoms with Gasteiger partial charge < -0.3 is 5.11 Å². The van der Waals surface area contributed by atoms with Gasteiger partial charge in [0, 0.05) is 5.41 Å². The monoisotopic (exact) mass is 334 g/mol. The molecule has 4 aliphatic rings. The molecule has 1 N–H and O–H groups in total. The molecule has 23 heavy (non-hydrogen) atoms. The van der Waals surface area contributed by atoms with E-state index in [2.05, 4.69) is 19.9 Å². The Balaban J connectivity index is 1.74. The van der Waals surface area contributed by atoms with E-state index in [1.807, 2.05) is 6.92 Å². The molecule has 2 nitrogen and oxygen atoms in total. The first kappa shape index (κ1) is 15.9. The normalized spacial score (nSPS) is 52.2. The first-order chi connectivity index (χ1) is 10.7. The van der Waals surface area contributed by atoms with Crippen molar-refractivity contribution in [2.24, 2.45) is 28.6 Å². The highest BCUT2D eigenvalue weighted by Crippen LogP contribution is 2.67. The summed E-state index contributed by atoms with van der Waals surface area (Å²) in [5, 5.41) is 11.4. The molecule has 3 saturated carbocycles. The van der Waals surface area contributed by atoms with Gasteiger partial charge >= 0.3 is 0 Å². The van der Waals surface area contributed by atoms with Gasteiger partial charge in [0.25, 0.3) is 0 Å². The van der Waals surface area contributed by atoms with Crippen LogP contribution in [0.3, 0.4) is 0 Å². The number of aliphatic hydroxyl groups is 1. The zero-order valence-corrected chi connectivity index (χ0v) is 15.1. The van der Waals surface area contributed by atoms with Gasteiger partial charge in [-0.25, -0.2) is 0 Å². The van der Waals surface area contributed by atoms with E-state index in [1.165, 1.54) is 5.57 Å². The Hall–Kier alpha value is -0.600. The van der Waals surface area contributed by atoms with Gasteiger partial charge in [0.15, 0.2) is 5.78 Å². The maximum absolute atomic E-state index is 12.0. The van der Waals surface area contributed by atoms with E-state index in [0.29, 0.717) is 22.8 Å². The molecule has 0 spiro atoms. The second-order valence-corrected chi connectivity index (χ2v) is 9.33. The number of hydrogen-bond acceptors (Lipinski definition) is 2. The van der Waals surface area contributed by atoms with Crippen molar-refractivity contribution < 1.29 is 9.90 Å². The average molecular weight is 335 g/mol. The molecule has 4 rings (SSSR count). The van der Waals surface area contributed by atoms with E-state index < -0.39 is 5.60 Å². The van der Waals surface area contributed by atoms with Gasteiger partial charge in [-0.15, -0.1) is 0 Å². The Kier molecular flexibility index (Phi) is 3.27. The number of carbonyl (C=O) groups is 1. The molecule has 0 aromatic carbocycles. The summed E-state index contributed by atoms with van der Waals surface area (Å²) in [5.74, 6) is 1.76. The number of rotatable bonds is 0. The van der Waals surface area contributed by atoms with E-state index in [9.17, 15) is 9.90 Å². The first-order valence-electron chi connectivity index (χ1n) is 9.06. The van der Waals surface area contributed by atoms with Crippen LogP contribution in [0.15, 0.2) is 22.8 Å². The summed E-state index contributed by atoms with van der Waals surface area (Å²) >= 11 is 6.38. The van der Waals surface area contributed by atoms with Crippen LogP contribution in [0, 0.1) is 28.6 Å². The maximum atomic E-state index is 12.0. The predicted molar refractivity (Wildman–Crippen MR) is 92.0 cm³/mol. The molecular formula is C20H27ClO2. The van der Waals surface area contributed by atoms with Crippen LogP contribution in [0.2, 0.25) is 0 Å². The van der Waals surface area contributed by atoms with E-state index >= 15 is 0 Å². The minimum Gasteiger partial charge on any atom is -0.390 e. The van der Waals surface area contributed by atoms with Gasteiger partial charge in [-0.05, 0) is 80.3 Å².